The molecule has 0 bridgehead atoms. The number of nitrogens with zero attached hydrogens (tertiary/aromatic N) is 1. The number of hydrogen-bond acceptors (Lipinski definition) is 4. The first-order valence-electron chi connectivity index (χ1n) is 6.11. The van der Waals surface area contributed by atoms with Crippen molar-refractivity contribution in [1.82, 2.24) is 4.98 Å². The Bertz CT molecular complexity index is 392. The minimum Gasteiger partial charge on any atom is -0.320 e. The molecule has 0 aliphatic heterocycles. The Morgan fingerprint density at radius 1 is 1.53 bits per heavy atom. The summed E-state index contributed by atoms with van der Waals surface area (Å²) < 4.78 is 0. The third-order valence-corrected chi connectivity index (χ3v) is 3.96. The summed E-state index contributed by atoms with van der Waals surface area (Å²) in [6, 6.07) is -0.436. The van der Waals surface area contributed by atoms with Crippen LogP contribution in [0.1, 0.15) is 37.3 Å². The number of anilines is 1. The fourth-order valence-corrected chi connectivity index (χ4v) is 3.11. The monoisotopic (exact) mass is 253 g/mol. The smallest absolute Gasteiger partial charge is 0.243 e. The van der Waals surface area contributed by atoms with Crippen molar-refractivity contribution in [3.63, 3.8) is 0 Å². The molecule has 1 aliphatic carbocycles. The van der Waals surface area contributed by atoms with Gasteiger partial charge in [-0.3, -0.25) is 4.79 Å². The topological polar surface area (TPSA) is 68.0 Å². The average Bonchev–Trinajstić information content (AvgIpc) is 2.76. The largest absolute Gasteiger partial charge is 0.320 e. The summed E-state index contributed by atoms with van der Waals surface area (Å²) in [4.78, 5) is 17.5. The van der Waals surface area contributed by atoms with Crippen molar-refractivity contribution < 1.29 is 4.79 Å². The van der Waals surface area contributed by atoms with E-state index in [1.807, 2.05) is 0 Å². The highest BCUT2D eigenvalue weighted by Crippen LogP contribution is 2.30. The second-order valence-electron chi connectivity index (χ2n) is 4.97. The molecule has 0 fully saturated rings. The normalized spacial score (nSPS) is 16.0. The fourth-order valence-electron chi connectivity index (χ4n) is 2.06. The molecule has 0 spiro atoms. The van der Waals surface area contributed by atoms with Crippen molar-refractivity contribution in [1.29, 1.82) is 0 Å². The van der Waals surface area contributed by atoms with Gasteiger partial charge in [0.2, 0.25) is 5.91 Å². The molecule has 1 heterocycles. The summed E-state index contributed by atoms with van der Waals surface area (Å²) >= 11 is 1.59. The molecule has 0 saturated heterocycles. The molecule has 1 amide bonds. The minimum atomic E-state index is -0.436. The lowest BCUT2D eigenvalue weighted by Gasteiger charge is -2.12. The summed E-state index contributed by atoms with van der Waals surface area (Å²) in [5.41, 5.74) is 6.98. The molecule has 1 aliphatic rings. The van der Waals surface area contributed by atoms with Gasteiger partial charge in [-0.25, -0.2) is 4.98 Å². The van der Waals surface area contributed by atoms with Gasteiger partial charge in [-0.15, -0.1) is 11.3 Å². The number of carbonyl (C=O) groups excluding carboxylic acids is 1. The van der Waals surface area contributed by atoms with Crippen LogP contribution in [0, 0.1) is 5.92 Å². The molecule has 4 nitrogen and oxygen atoms in total. The Balaban J connectivity index is 1.93. The maximum absolute atomic E-state index is 11.8. The Labute approximate surface area is 106 Å². The van der Waals surface area contributed by atoms with Crippen molar-refractivity contribution in [2.45, 2.75) is 45.6 Å². The van der Waals surface area contributed by atoms with E-state index in [0.717, 1.165) is 18.5 Å². The van der Waals surface area contributed by atoms with E-state index >= 15 is 0 Å². The van der Waals surface area contributed by atoms with Gasteiger partial charge < -0.3 is 11.1 Å². The van der Waals surface area contributed by atoms with Gasteiger partial charge in [-0.05, 0) is 31.6 Å². The van der Waals surface area contributed by atoms with Gasteiger partial charge in [-0.1, -0.05) is 13.8 Å². The molecule has 1 aromatic heterocycles. The van der Waals surface area contributed by atoms with Crippen molar-refractivity contribution in [3.05, 3.63) is 10.6 Å². The molecular weight excluding hydrogens is 234 g/mol. The van der Waals surface area contributed by atoms with Gasteiger partial charge in [0.15, 0.2) is 5.13 Å². The van der Waals surface area contributed by atoms with Crippen LogP contribution in [0.3, 0.4) is 0 Å². The number of carbonyl (C=O) groups is 1. The maximum Gasteiger partial charge on any atom is 0.243 e. The number of amides is 1. The lowest BCUT2D eigenvalue weighted by molar-refractivity contribution is -0.117. The van der Waals surface area contributed by atoms with E-state index in [1.165, 1.54) is 11.3 Å². The minimum absolute atomic E-state index is 0.119. The molecule has 0 aromatic carbocycles. The van der Waals surface area contributed by atoms with Crippen LogP contribution in [0.4, 0.5) is 5.13 Å². The van der Waals surface area contributed by atoms with E-state index in [1.54, 1.807) is 11.3 Å². The average molecular weight is 253 g/mol. The fraction of sp³-hybridized carbons (Fsp3) is 0.667. The van der Waals surface area contributed by atoms with E-state index in [-0.39, 0.29) is 5.91 Å². The first kappa shape index (κ1) is 12.5. The van der Waals surface area contributed by atoms with Gasteiger partial charge in [0.1, 0.15) is 0 Å². The van der Waals surface area contributed by atoms with Gasteiger partial charge in [0.25, 0.3) is 0 Å². The van der Waals surface area contributed by atoms with Crippen molar-refractivity contribution in [2.24, 2.45) is 11.7 Å². The molecule has 5 heteroatoms. The molecule has 3 N–H and O–H groups in total. The van der Waals surface area contributed by atoms with Gasteiger partial charge >= 0.3 is 0 Å². The summed E-state index contributed by atoms with van der Waals surface area (Å²) in [6.07, 6.45) is 4.03. The van der Waals surface area contributed by atoms with Gasteiger partial charge in [0, 0.05) is 4.88 Å². The number of hydrogen-bond donors (Lipinski definition) is 2. The third kappa shape index (κ3) is 3.04. The number of nitrogens with two attached hydrogens (primary N) is 1. The van der Waals surface area contributed by atoms with Crippen LogP contribution in [0.15, 0.2) is 0 Å². The highest BCUT2D eigenvalue weighted by atomic mass is 32.1. The Kier molecular flexibility index (Phi) is 3.79. The molecular formula is C12H19N3OS. The van der Waals surface area contributed by atoms with Gasteiger partial charge in [0.05, 0.1) is 11.7 Å². The van der Waals surface area contributed by atoms with Crippen molar-refractivity contribution >= 4 is 22.4 Å². The van der Waals surface area contributed by atoms with Crippen LogP contribution in [0.25, 0.3) is 0 Å². The Morgan fingerprint density at radius 3 is 2.94 bits per heavy atom. The van der Waals surface area contributed by atoms with Gasteiger partial charge in [-0.2, -0.15) is 0 Å². The van der Waals surface area contributed by atoms with Crippen molar-refractivity contribution in [2.75, 3.05) is 5.32 Å². The molecule has 1 unspecified atom stereocenters. The van der Waals surface area contributed by atoms with E-state index < -0.39 is 6.04 Å². The second-order valence-corrected chi connectivity index (χ2v) is 6.05. The number of aryl methyl sites for hydroxylation is 2. The zero-order valence-electron chi connectivity index (χ0n) is 10.3. The van der Waals surface area contributed by atoms with Crippen LogP contribution >= 0.6 is 11.3 Å². The molecule has 0 radical (unpaired) electrons. The molecule has 94 valence electrons. The number of rotatable bonds is 4. The number of fused-ring (bicyclic) bond motifs is 1. The van der Waals surface area contributed by atoms with E-state index in [2.05, 4.69) is 24.1 Å². The standard InChI is InChI=1S/C12H19N3OS/c1-7(2)6-8(13)11(16)15-12-14-9-4-3-5-10(9)17-12/h7-8H,3-6,13H2,1-2H3,(H,14,15,16). The second kappa shape index (κ2) is 5.14. The molecule has 1 aromatic rings. The number of aromatic nitrogens is 1. The lowest BCUT2D eigenvalue weighted by atomic mass is 10.0. The highest BCUT2D eigenvalue weighted by molar-refractivity contribution is 7.15. The Hall–Kier alpha value is -0.940. The maximum atomic E-state index is 11.8. The first-order chi connectivity index (χ1) is 8.06. The van der Waals surface area contributed by atoms with E-state index in [4.69, 9.17) is 5.73 Å². The van der Waals surface area contributed by atoms with E-state index in [9.17, 15) is 4.79 Å². The SMILES string of the molecule is CC(C)CC(N)C(=O)Nc1nc2c(s1)CCC2. The number of nitrogens with one attached hydrogen (secondary N) is 1. The molecule has 17 heavy (non-hydrogen) atoms. The summed E-state index contributed by atoms with van der Waals surface area (Å²) in [5.74, 6) is 0.308. The predicted molar refractivity (Wildman–Crippen MR) is 70.2 cm³/mol. The van der Waals surface area contributed by atoms with E-state index in [0.29, 0.717) is 17.5 Å². The summed E-state index contributed by atoms with van der Waals surface area (Å²) in [7, 11) is 0. The third-order valence-electron chi connectivity index (χ3n) is 2.89. The first-order valence-corrected chi connectivity index (χ1v) is 6.93. The zero-order valence-corrected chi connectivity index (χ0v) is 11.1. The van der Waals surface area contributed by atoms with Crippen LogP contribution in [-0.2, 0) is 17.6 Å². The Morgan fingerprint density at radius 2 is 2.29 bits per heavy atom. The molecule has 1 atom stereocenters. The zero-order chi connectivity index (χ0) is 12.4. The predicted octanol–water partition coefficient (Wildman–Crippen LogP) is 1.94. The summed E-state index contributed by atoms with van der Waals surface area (Å²) in [5, 5.41) is 3.53. The number of thiazole rings is 1. The lowest BCUT2D eigenvalue weighted by Crippen LogP contribution is -2.36. The quantitative estimate of drug-likeness (QED) is 0.861. The van der Waals surface area contributed by atoms with Crippen LogP contribution < -0.4 is 11.1 Å². The highest BCUT2D eigenvalue weighted by Gasteiger charge is 2.20. The van der Waals surface area contributed by atoms with Crippen LogP contribution in [0.2, 0.25) is 0 Å². The van der Waals surface area contributed by atoms with Crippen LogP contribution in [-0.4, -0.2) is 16.9 Å². The van der Waals surface area contributed by atoms with Crippen molar-refractivity contribution in [3.8, 4) is 0 Å². The molecule has 0 saturated carbocycles. The van der Waals surface area contributed by atoms with Crippen LogP contribution in [0.5, 0.6) is 0 Å². The summed E-state index contributed by atoms with van der Waals surface area (Å²) in [6.45, 7) is 4.12. The molecule has 2 rings (SSSR count).